The van der Waals surface area contributed by atoms with Crippen molar-refractivity contribution in [2.24, 2.45) is 5.16 Å². The third-order valence-electron chi connectivity index (χ3n) is 3.88. The summed E-state index contributed by atoms with van der Waals surface area (Å²) in [4.78, 5) is 20.1. The van der Waals surface area contributed by atoms with E-state index in [0.717, 1.165) is 11.1 Å². The number of alkyl halides is 3. The summed E-state index contributed by atoms with van der Waals surface area (Å²) in [5.41, 5.74) is 1.27. The monoisotopic (exact) mass is 453 g/mol. The van der Waals surface area contributed by atoms with Gasteiger partial charge in [-0.3, -0.25) is 4.79 Å². The summed E-state index contributed by atoms with van der Waals surface area (Å²) in [6.45, 7) is 2.28. The van der Waals surface area contributed by atoms with Crippen molar-refractivity contribution in [1.82, 2.24) is 4.98 Å². The van der Waals surface area contributed by atoms with Crippen LogP contribution < -0.4 is 5.32 Å². The first-order valence-corrected chi connectivity index (χ1v) is 9.88. The van der Waals surface area contributed by atoms with E-state index in [-0.39, 0.29) is 4.47 Å². The van der Waals surface area contributed by atoms with Crippen LogP contribution in [0.3, 0.4) is 0 Å². The zero-order valence-electron chi connectivity index (χ0n) is 15.5. The van der Waals surface area contributed by atoms with Gasteiger partial charge in [0.2, 0.25) is 0 Å². The molecule has 2 aromatic carbocycles. The predicted octanol–water partition coefficient (Wildman–Crippen LogP) is 6.11. The maximum atomic E-state index is 13.1. The number of oxime groups is 1. The lowest BCUT2D eigenvalue weighted by Crippen LogP contribution is -2.17. The number of rotatable bonds is 6. The molecule has 1 aromatic heterocycles. The van der Waals surface area contributed by atoms with Gasteiger partial charge in [-0.1, -0.05) is 70.6 Å². The van der Waals surface area contributed by atoms with Crippen molar-refractivity contribution in [3.05, 3.63) is 69.1 Å². The van der Waals surface area contributed by atoms with Gasteiger partial charge in [0.25, 0.3) is 5.91 Å². The minimum atomic E-state index is -4.78. The minimum Gasteiger partial charge on any atom is -0.396 e. The summed E-state index contributed by atoms with van der Waals surface area (Å²) < 4.78 is 39.1. The Hall–Kier alpha value is -2.91. The molecule has 1 amide bonds. The van der Waals surface area contributed by atoms with Gasteiger partial charge in [0, 0.05) is 11.3 Å². The van der Waals surface area contributed by atoms with E-state index in [9.17, 15) is 18.0 Å². The van der Waals surface area contributed by atoms with E-state index in [0.29, 0.717) is 29.2 Å². The second-order valence-corrected chi connectivity index (χ2v) is 7.50. The normalized spacial score (nSPS) is 11.6. The molecule has 30 heavy (non-hydrogen) atoms. The third kappa shape index (κ3) is 5.17. The molecule has 0 bridgehead atoms. The lowest BCUT2D eigenvalue weighted by atomic mass is 10.0. The zero-order valence-corrected chi connectivity index (χ0v) is 17.1. The van der Waals surface area contributed by atoms with Gasteiger partial charge in [-0.25, -0.2) is 4.98 Å². The van der Waals surface area contributed by atoms with Gasteiger partial charge in [0.1, 0.15) is 11.5 Å². The number of benzene rings is 2. The molecule has 1 N–H and O–H groups in total. The summed E-state index contributed by atoms with van der Waals surface area (Å²) >= 11 is 6.09. The number of anilines is 1. The number of carbonyl (C=O) groups is 1. The number of nitrogens with zero attached hydrogens (tertiary/aromatic N) is 2. The molecule has 0 unspecified atom stereocenters. The topological polar surface area (TPSA) is 63.6 Å². The minimum absolute atomic E-state index is 0.356. The van der Waals surface area contributed by atoms with Gasteiger partial charge < -0.3 is 10.2 Å². The molecule has 0 fully saturated rings. The second kappa shape index (κ2) is 9.27. The fraction of sp³-hybridized carbons (Fsp3) is 0.150. The number of carbonyl (C=O) groups excluding carboxylic acids is 1. The predicted molar refractivity (Wildman–Crippen MR) is 111 cm³/mol. The van der Waals surface area contributed by atoms with Crippen LogP contribution in [0.2, 0.25) is 4.47 Å². The Morgan fingerprint density at radius 3 is 2.60 bits per heavy atom. The van der Waals surface area contributed by atoms with Gasteiger partial charge in [0.05, 0.1) is 6.21 Å². The number of amides is 1. The van der Waals surface area contributed by atoms with E-state index in [1.165, 1.54) is 0 Å². The van der Waals surface area contributed by atoms with Crippen LogP contribution in [-0.2, 0) is 11.0 Å². The smallest absolute Gasteiger partial charge is 0.396 e. The van der Waals surface area contributed by atoms with Crippen LogP contribution in [0, 0.1) is 0 Å². The first-order chi connectivity index (χ1) is 14.3. The maximum absolute atomic E-state index is 13.1. The number of aromatic nitrogens is 1. The van der Waals surface area contributed by atoms with E-state index in [2.05, 4.69) is 15.5 Å². The zero-order chi connectivity index (χ0) is 21.7. The summed E-state index contributed by atoms with van der Waals surface area (Å²) in [6, 6.07) is 14.0. The lowest BCUT2D eigenvalue weighted by molar-refractivity contribution is -0.141. The Labute approximate surface area is 179 Å². The van der Waals surface area contributed by atoms with Crippen LogP contribution >= 0.6 is 22.9 Å². The van der Waals surface area contributed by atoms with E-state index in [4.69, 9.17) is 16.4 Å². The Kier molecular flexibility index (Phi) is 6.73. The molecule has 0 saturated carbocycles. The average Bonchev–Trinajstić information content (AvgIpc) is 3.12. The molecule has 3 aromatic rings. The first kappa shape index (κ1) is 21.8. The van der Waals surface area contributed by atoms with Crippen LogP contribution in [-0.4, -0.2) is 23.7 Å². The van der Waals surface area contributed by atoms with Crippen molar-refractivity contribution in [2.75, 3.05) is 11.9 Å². The Bertz CT molecular complexity index is 1070. The highest BCUT2D eigenvalue weighted by Crippen LogP contribution is 2.37. The van der Waals surface area contributed by atoms with Crippen LogP contribution in [0.15, 0.2) is 53.7 Å². The number of hydrogen-bond donors (Lipinski definition) is 1. The number of para-hydroxylation sites is 1. The fourth-order valence-electron chi connectivity index (χ4n) is 2.58. The molecule has 5 nitrogen and oxygen atoms in total. The molecule has 156 valence electrons. The maximum Gasteiger partial charge on any atom is 0.435 e. The third-order valence-corrected chi connectivity index (χ3v) is 5.04. The van der Waals surface area contributed by atoms with Crippen molar-refractivity contribution >= 4 is 40.7 Å². The van der Waals surface area contributed by atoms with Gasteiger partial charge in [-0.15, -0.1) is 0 Å². The van der Waals surface area contributed by atoms with Crippen LogP contribution in [0.25, 0.3) is 11.1 Å². The number of halogens is 4. The van der Waals surface area contributed by atoms with Crippen LogP contribution in [0.5, 0.6) is 0 Å². The molecule has 1 heterocycles. The number of nitrogens with one attached hydrogen (secondary N) is 1. The Morgan fingerprint density at radius 2 is 1.93 bits per heavy atom. The Balaban J connectivity index is 1.87. The summed E-state index contributed by atoms with van der Waals surface area (Å²) in [6.07, 6.45) is -3.22. The fourth-order valence-corrected chi connectivity index (χ4v) is 3.61. The molecule has 0 atom stereocenters. The van der Waals surface area contributed by atoms with Crippen molar-refractivity contribution in [3.63, 3.8) is 0 Å². The number of thiazole rings is 1. The molecule has 0 saturated heterocycles. The van der Waals surface area contributed by atoms with Crippen LogP contribution in [0.4, 0.5) is 18.9 Å². The van der Waals surface area contributed by atoms with Crippen molar-refractivity contribution in [2.45, 2.75) is 13.1 Å². The first-order valence-electron chi connectivity index (χ1n) is 8.69. The number of hydrogen-bond acceptors (Lipinski definition) is 5. The van der Waals surface area contributed by atoms with Crippen LogP contribution in [0.1, 0.15) is 27.9 Å². The molecule has 0 spiro atoms. The molecular formula is C20H15ClF3N3O2S. The van der Waals surface area contributed by atoms with E-state index < -0.39 is 22.7 Å². The molecular weight excluding hydrogens is 439 g/mol. The largest absolute Gasteiger partial charge is 0.435 e. The average molecular weight is 454 g/mol. The van der Waals surface area contributed by atoms with E-state index >= 15 is 0 Å². The van der Waals surface area contributed by atoms with Gasteiger partial charge in [-0.05, 0) is 24.1 Å². The summed E-state index contributed by atoms with van der Waals surface area (Å²) in [5.74, 6) is -0.931. The highest BCUT2D eigenvalue weighted by molar-refractivity contribution is 7.17. The molecule has 10 heteroatoms. The van der Waals surface area contributed by atoms with Gasteiger partial charge in [-0.2, -0.15) is 13.2 Å². The molecule has 0 aliphatic rings. The second-order valence-electron chi connectivity index (χ2n) is 5.92. The highest BCUT2D eigenvalue weighted by Gasteiger charge is 2.39. The summed E-state index contributed by atoms with van der Waals surface area (Å²) in [5, 5.41) is 6.33. The van der Waals surface area contributed by atoms with Crippen molar-refractivity contribution in [1.29, 1.82) is 0 Å². The standard InChI is InChI=1S/C20H15ClF3N3O2S/c1-2-29-25-11-12-7-9-13(10-8-12)14-5-3-4-6-15(14)26-18(28)16-17(20(22,23)24)27-19(21)30-16/h3-11H,2H2,1H3,(H,26,28)/b25-11+. The molecule has 0 aliphatic carbocycles. The molecule has 3 rings (SSSR count). The lowest BCUT2D eigenvalue weighted by Gasteiger charge is -2.12. The van der Waals surface area contributed by atoms with E-state index in [1.807, 2.05) is 19.1 Å². The van der Waals surface area contributed by atoms with E-state index in [1.54, 1.807) is 42.6 Å². The quantitative estimate of drug-likeness (QED) is 0.362. The molecule has 0 aliphatic heterocycles. The van der Waals surface area contributed by atoms with Gasteiger partial charge in [0.15, 0.2) is 10.2 Å². The summed E-state index contributed by atoms with van der Waals surface area (Å²) in [7, 11) is 0. The van der Waals surface area contributed by atoms with Crippen molar-refractivity contribution in [3.8, 4) is 11.1 Å². The van der Waals surface area contributed by atoms with Gasteiger partial charge >= 0.3 is 6.18 Å². The highest BCUT2D eigenvalue weighted by atomic mass is 35.5. The van der Waals surface area contributed by atoms with Crippen molar-refractivity contribution < 1.29 is 22.8 Å². The Morgan fingerprint density at radius 1 is 1.23 bits per heavy atom. The molecule has 0 radical (unpaired) electrons. The SMILES string of the molecule is CCO/N=C/c1ccc(-c2ccccc2NC(=O)c2sc(Cl)nc2C(F)(F)F)cc1.